The molecule has 0 aliphatic carbocycles. The van der Waals surface area contributed by atoms with Gasteiger partial charge in [0.05, 0.1) is 5.01 Å². The molecule has 0 spiro atoms. The molecule has 0 aliphatic heterocycles. The van der Waals surface area contributed by atoms with Crippen molar-refractivity contribution >= 4 is 22.9 Å². The van der Waals surface area contributed by atoms with Crippen LogP contribution in [-0.2, 0) is 6.42 Å². The van der Waals surface area contributed by atoms with E-state index in [9.17, 15) is 0 Å². The van der Waals surface area contributed by atoms with E-state index >= 15 is 0 Å². The lowest BCUT2D eigenvalue weighted by atomic mass is 10.0. The Balaban J connectivity index is 2.19. The minimum absolute atomic E-state index is 0.274. The molecule has 1 aromatic carbocycles. The first-order chi connectivity index (χ1) is 8.20. The molecule has 0 amide bonds. The number of hydrogen-bond acceptors (Lipinski definition) is 3. The van der Waals surface area contributed by atoms with Crippen LogP contribution < -0.4 is 5.32 Å². The number of thiazole rings is 1. The van der Waals surface area contributed by atoms with E-state index in [2.05, 4.69) is 29.4 Å². The summed E-state index contributed by atoms with van der Waals surface area (Å²) in [6.45, 7) is 2.10. The first kappa shape index (κ1) is 12.6. The number of halogens is 1. The lowest BCUT2D eigenvalue weighted by Gasteiger charge is -2.13. The van der Waals surface area contributed by atoms with E-state index in [-0.39, 0.29) is 6.04 Å². The average molecular weight is 267 g/mol. The van der Waals surface area contributed by atoms with Crippen molar-refractivity contribution in [2.45, 2.75) is 19.4 Å². The van der Waals surface area contributed by atoms with Gasteiger partial charge in [-0.1, -0.05) is 23.7 Å². The van der Waals surface area contributed by atoms with Gasteiger partial charge in [-0.15, -0.1) is 11.3 Å². The van der Waals surface area contributed by atoms with Crippen molar-refractivity contribution < 1.29 is 0 Å². The van der Waals surface area contributed by atoms with E-state index in [1.807, 2.05) is 24.7 Å². The molecule has 0 aliphatic rings. The summed E-state index contributed by atoms with van der Waals surface area (Å²) in [6, 6.07) is 6.52. The second kappa shape index (κ2) is 5.63. The Bertz CT molecular complexity index is 482. The van der Waals surface area contributed by atoms with Crippen molar-refractivity contribution in [2.75, 3.05) is 7.05 Å². The molecule has 0 fully saturated rings. The Morgan fingerprint density at radius 3 is 2.88 bits per heavy atom. The minimum atomic E-state index is 0.274. The largest absolute Gasteiger partial charge is 0.313 e. The zero-order chi connectivity index (χ0) is 12.3. The van der Waals surface area contributed by atoms with Gasteiger partial charge in [-0.3, -0.25) is 0 Å². The minimum Gasteiger partial charge on any atom is -0.313 e. The van der Waals surface area contributed by atoms with Crippen molar-refractivity contribution in [3.8, 4) is 0 Å². The molecule has 2 aromatic rings. The van der Waals surface area contributed by atoms with E-state index < -0.39 is 0 Å². The number of nitrogens with zero attached hydrogens (tertiary/aromatic N) is 1. The molecule has 1 N–H and O–H groups in total. The third-order valence-electron chi connectivity index (χ3n) is 2.80. The summed E-state index contributed by atoms with van der Waals surface area (Å²) in [4.78, 5) is 4.28. The first-order valence-electron chi connectivity index (χ1n) is 5.54. The van der Waals surface area contributed by atoms with Gasteiger partial charge in [0.1, 0.15) is 0 Å². The second-order valence-electron chi connectivity index (χ2n) is 3.97. The molecule has 90 valence electrons. The summed E-state index contributed by atoms with van der Waals surface area (Å²) in [7, 11) is 1.93. The highest BCUT2D eigenvalue weighted by Crippen LogP contribution is 2.25. The quantitative estimate of drug-likeness (QED) is 0.913. The lowest BCUT2D eigenvalue weighted by Crippen LogP contribution is -2.12. The molecular formula is C13H15ClN2S. The molecule has 17 heavy (non-hydrogen) atoms. The molecule has 0 saturated heterocycles. The van der Waals surface area contributed by atoms with Crippen molar-refractivity contribution in [1.29, 1.82) is 0 Å². The van der Waals surface area contributed by atoms with Crippen LogP contribution in [0, 0.1) is 0 Å². The van der Waals surface area contributed by atoms with E-state index in [4.69, 9.17) is 11.6 Å². The molecule has 0 radical (unpaired) electrons. The van der Waals surface area contributed by atoms with Crippen LogP contribution >= 0.6 is 22.9 Å². The van der Waals surface area contributed by atoms with Crippen LogP contribution in [0.5, 0.6) is 0 Å². The summed E-state index contributed by atoms with van der Waals surface area (Å²) in [6.07, 6.45) is 2.69. The highest BCUT2D eigenvalue weighted by molar-refractivity contribution is 7.09. The number of rotatable bonds is 4. The normalized spacial score (nSPS) is 12.6. The molecule has 1 aromatic heterocycles. The van der Waals surface area contributed by atoms with Gasteiger partial charge in [0.15, 0.2) is 0 Å². The molecule has 1 atom stereocenters. The molecule has 2 rings (SSSR count). The fraction of sp³-hybridized carbons (Fsp3) is 0.308. The highest BCUT2D eigenvalue weighted by atomic mass is 35.5. The van der Waals surface area contributed by atoms with Gasteiger partial charge in [0.25, 0.3) is 0 Å². The fourth-order valence-corrected chi connectivity index (χ4v) is 2.72. The van der Waals surface area contributed by atoms with E-state index in [0.717, 1.165) is 22.0 Å². The molecule has 0 bridgehead atoms. The van der Waals surface area contributed by atoms with Gasteiger partial charge in [0.2, 0.25) is 0 Å². The van der Waals surface area contributed by atoms with Crippen molar-refractivity contribution in [3.05, 3.63) is 50.9 Å². The van der Waals surface area contributed by atoms with Gasteiger partial charge in [-0.25, -0.2) is 4.98 Å². The predicted molar refractivity (Wildman–Crippen MR) is 73.8 cm³/mol. The van der Waals surface area contributed by atoms with Crippen LogP contribution in [-0.4, -0.2) is 12.0 Å². The summed E-state index contributed by atoms with van der Waals surface area (Å²) >= 11 is 7.96. The van der Waals surface area contributed by atoms with E-state index in [1.165, 1.54) is 5.56 Å². The molecule has 1 heterocycles. The Morgan fingerprint density at radius 2 is 2.29 bits per heavy atom. The Kier molecular flexibility index (Phi) is 4.15. The third-order valence-corrected chi connectivity index (χ3v) is 3.91. The first-order valence-corrected chi connectivity index (χ1v) is 6.80. The summed E-state index contributed by atoms with van der Waals surface area (Å²) in [5, 5.41) is 7.13. The Morgan fingerprint density at radius 1 is 1.47 bits per heavy atom. The lowest BCUT2D eigenvalue weighted by molar-refractivity contribution is 0.652. The molecule has 1 unspecified atom stereocenters. The molecule has 2 nitrogen and oxygen atoms in total. The smallest absolute Gasteiger partial charge is 0.0968 e. The predicted octanol–water partition coefficient (Wildman–Crippen LogP) is 3.67. The van der Waals surface area contributed by atoms with Crippen molar-refractivity contribution in [1.82, 2.24) is 10.3 Å². The monoisotopic (exact) mass is 266 g/mol. The Labute approximate surface area is 111 Å². The standard InChI is InChI=1S/C13H15ClN2S/c1-9(15-2)11-4-3-10(7-12(11)14)8-13-16-5-6-17-13/h3-7,9,15H,8H2,1-2H3. The fourth-order valence-electron chi connectivity index (χ4n) is 1.70. The van der Waals surface area contributed by atoms with Gasteiger partial charge in [0, 0.05) is 29.1 Å². The average Bonchev–Trinajstić information content (AvgIpc) is 2.81. The van der Waals surface area contributed by atoms with Gasteiger partial charge < -0.3 is 5.32 Å². The maximum absolute atomic E-state index is 6.29. The van der Waals surface area contributed by atoms with Crippen LogP contribution in [0.4, 0.5) is 0 Å². The molecule has 0 saturated carbocycles. The van der Waals surface area contributed by atoms with E-state index in [0.29, 0.717) is 0 Å². The second-order valence-corrected chi connectivity index (χ2v) is 5.36. The number of nitrogens with one attached hydrogen (secondary N) is 1. The van der Waals surface area contributed by atoms with Crippen LogP contribution in [0.2, 0.25) is 5.02 Å². The number of hydrogen-bond donors (Lipinski definition) is 1. The van der Waals surface area contributed by atoms with Crippen molar-refractivity contribution in [3.63, 3.8) is 0 Å². The zero-order valence-electron chi connectivity index (χ0n) is 9.90. The Hall–Kier alpha value is -0.900. The van der Waals surface area contributed by atoms with E-state index in [1.54, 1.807) is 11.3 Å². The number of aromatic nitrogens is 1. The molecule has 4 heteroatoms. The van der Waals surface area contributed by atoms with Crippen LogP contribution in [0.25, 0.3) is 0 Å². The molecular weight excluding hydrogens is 252 g/mol. The van der Waals surface area contributed by atoms with Crippen LogP contribution in [0.3, 0.4) is 0 Å². The maximum Gasteiger partial charge on any atom is 0.0968 e. The third kappa shape index (κ3) is 3.06. The zero-order valence-corrected chi connectivity index (χ0v) is 11.5. The summed E-state index contributed by atoms with van der Waals surface area (Å²) in [5.41, 5.74) is 2.34. The van der Waals surface area contributed by atoms with Gasteiger partial charge in [-0.2, -0.15) is 0 Å². The van der Waals surface area contributed by atoms with Gasteiger partial charge in [-0.05, 0) is 31.2 Å². The SMILES string of the molecule is CNC(C)c1ccc(Cc2nccs2)cc1Cl. The highest BCUT2D eigenvalue weighted by Gasteiger charge is 2.08. The van der Waals surface area contributed by atoms with Crippen LogP contribution in [0.15, 0.2) is 29.8 Å². The van der Waals surface area contributed by atoms with Crippen molar-refractivity contribution in [2.24, 2.45) is 0 Å². The van der Waals surface area contributed by atoms with Gasteiger partial charge >= 0.3 is 0 Å². The number of benzene rings is 1. The maximum atomic E-state index is 6.29. The van der Waals surface area contributed by atoms with Crippen LogP contribution in [0.1, 0.15) is 29.1 Å². The summed E-state index contributed by atoms with van der Waals surface area (Å²) in [5.74, 6) is 0. The topological polar surface area (TPSA) is 24.9 Å². The summed E-state index contributed by atoms with van der Waals surface area (Å²) < 4.78 is 0.